The molecule has 10 nitrogen and oxygen atoms in total. The average Bonchev–Trinajstić information content (AvgIpc) is 2.79. The molecule has 1 aromatic heterocycles. The highest BCUT2D eigenvalue weighted by molar-refractivity contribution is 5.05. The zero-order chi connectivity index (χ0) is 14.7. The summed E-state index contributed by atoms with van der Waals surface area (Å²) in [6.45, 7) is -0.577. The standard InChI is InChI=1S/C10H13N5O5/c11-14-12-2-5-3-15(10(19)13-9(5)18)8-1-6(17)7(4-16)20-8/h3,6-8,16-17H,1-2,4H2,(H,13,18,19)/t6-,7+,8+/m1/s1. The van der Waals surface area contributed by atoms with E-state index in [0.717, 1.165) is 4.57 Å². The number of rotatable bonds is 4. The highest BCUT2D eigenvalue weighted by Gasteiger charge is 2.35. The van der Waals surface area contributed by atoms with Gasteiger partial charge in [-0.2, -0.15) is 0 Å². The van der Waals surface area contributed by atoms with Crippen molar-refractivity contribution < 1.29 is 14.9 Å². The van der Waals surface area contributed by atoms with E-state index in [4.69, 9.17) is 15.4 Å². The SMILES string of the molecule is [N-]=[N+]=NCc1cn([C@@H]2C[C@@H](O)[C@H](CO)O2)c(=O)[nH]c1=O. The Hall–Kier alpha value is -2.13. The van der Waals surface area contributed by atoms with Gasteiger partial charge in [0.25, 0.3) is 5.56 Å². The lowest BCUT2D eigenvalue weighted by molar-refractivity contribution is -0.0459. The van der Waals surface area contributed by atoms with Crippen molar-refractivity contribution >= 4 is 0 Å². The van der Waals surface area contributed by atoms with Crippen LogP contribution in [0.3, 0.4) is 0 Å². The Bertz CT molecular complexity index is 646. The molecular formula is C10H13N5O5. The summed E-state index contributed by atoms with van der Waals surface area (Å²) in [6.07, 6.45) is -1.13. The van der Waals surface area contributed by atoms with Gasteiger partial charge in [-0.3, -0.25) is 14.3 Å². The maximum atomic E-state index is 11.7. The Labute approximate surface area is 111 Å². The number of hydrogen-bond donors (Lipinski definition) is 3. The maximum absolute atomic E-state index is 11.7. The smallest absolute Gasteiger partial charge is 0.330 e. The molecule has 1 aliphatic rings. The van der Waals surface area contributed by atoms with Gasteiger partial charge in [0, 0.05) is 23.1 Å². The molecule has 20 heavy (non-hydrogen) atoms. The zero-order valence-electron chi connectivity index (χ0n) is 10.3. The van der Waals surface area contributed by atoms with Gasteiger partial charge in [-0.15, -0.1) is 0 Å². The van der Waals surface area contributed by atoms with Crippen LogP contribution in [0.5, 0.6) is 0 Å². The van der Waals surface area contributed by atoms with Crippen LogP contribution >= 0.6 is 0 Å². The Morgan fingerprint density at radius 1 is 1.60 bits per heavy atom. The van der Waals surface area contributed by atoms with Crippen LogP contribution in [0.25, 0.3) is 10.4 Å². The molecular weight excluding hydrogens is 270 g/mol. The molecule has 10 heteroatoms. The minimum absolute atomic E-state index is 0.105. The Morgan fingerprint density at radius 2 is 2.35 bits per heavy atom. The molecule has 3 atom stereocenters. The first kappa shape index (κ1) is 14.3. The Balaban J connectivity index is 2.35. The number of nitrogens with one attached hydrogen (secondary N) is 1. The summed E-state index contributed by atoms with van der Waals surface area (Å²) in [5, 5.41) is 21.9. The molecule has 1 fully saturated rings. The van der Waals surface area contributed by atoms with Crippen molar-refractivity contribution in [1.29, 1.82) is 0 Å². The fourth-order valence-electron chi connectivity index (χ4n) is 2.01. The molecule has 0 amide bonds. The van der Waals surface area contributed by atoms with E-state index in [1.54, 1.807) is 0 Å². The van der Waals surface area contributed by atoms with Crippen LogP contribution in [0, 0.1) is 0 Å². The van der Waals surface area contributed by atoms with E-state index in [2.05, 4.69) is 15.0 Å². The molecule has 0 aliphatic carbocycles. The van der Waals surface area contributed by atoms with Crippen LogP contribution in [0.1, 0.15) is 18.2 Å². The van der Waals surface area contributed by atoms with Crippen LogP contribution in [0.4, 0.5) is 0 Å². The van der Waals surface area contributed by atoms with Crippen LogP contribution in [0.2, 0.25) is 0 Å². The third-order valence-corrected chi connectivity index (χ3v) is 3.04. The number of azide groups is 1. The fourth-order valence-corrected chi connectivity index (χ4v) is 2.01. The minimum atomic E-state index is -0.899. The second-order valence-corrected chi connectivity index (χ2v) is 4.32. The number of aromatic nitrogens is 2. The van der Waals surface area contributed by atoms with Crippen molar-refractivity contribution in [2.24, 2.45) is 5.11 Å². The number of aromatic amines is 1. The molecule has 0 unspecified atom stereocenters. The summed E-state index contributed by atoms with van der Waals surface area (Å²) in [5.74, 6) is 0. The normalized spacial score (nSPS) is 25.4. The van der Waals surface area contributed by atoms with Crippen molar-refractivity contribution in [2.75, 3.05) is 6.61 Å². The van der Waals surface area contributed by atoms with Crippen molar-refractivity contribution in [2.45, 2.75) is 31.4 Å². The zero-order valence-corrected chi connectivity index (χ0v) is 10.3. The number of aliphatic hydroxyl groups excluding tert-OH is 2. The van der Waals surface area contributed by atoms with Gasteiger partial charge in [0.15, 0.2) is 0 Å². The second kappa shape index (κ2) is 5.88. The Morgan fingerprint density at radius 3 is 2.95 bits per heavy atom. The lowest BCUT2D eigenvalue weighted by Gasteiger charge is -2.14. The number of ether oxygens (including phenoxy) is 1. The lowest BCUT2D eigenvalue weighted by atomic mass is 10.2. The fraction of sp³-hybridized carbons (Fsp3) is 0.600. The molecule has 0 aromatic carbocycles. The summed E-state index contributed by atoms with van der Waals surface area (Å²) in [7, 11) is 0. The molecule has 1 saturated heterocycles. The topological polar surface area (TPSA) is 153 Å². The van der Waals surface area contributed by atoms with Crippen LogP contribution in [-0.2, 0) is 11.3 Å². The van der Waals surface area contributed by atoms with Gasteiger partial charge in [-0.1, -0.05) is 5.11 Å². The first-order valence-electron chi connectivity index (χ1n) is 5.86. The van der Waals surface area contributed by atoms with Crippen molar-refractivity contribution in [1.82, 2.24) is 9.55 Å². The lowest BCUT2D eigenvalue weighted by Crippen LogP contribution is -2.34. The summed E-state index contributed by atoms with van der Waals surface area (Å²) >= 11 is 0. The van der Waals surface area contributed by atoms with E-state index >= 15 is 0 Å². The van der Waals surface area contributed by atoms with Gasteiger partial charge in [0.1, 0.15) is 12.3 Å². The average molecular weight is 283 g/mol. The summed E-state index contributed by atoms with van der Waals surface area (Å²) in [6, 6.07) is 0. The largest absolute Gasteiger partial charge is 0.394 e. The van der Waals surface area contributed by atoms with Crippen LogP contribution in [0.15, 0.2) is 20.9 Å². The number of H-pyrrole nitrogens is 1. The number of aliphatic hydroxyl groups is 2. The predicted molar refractivity (Wildman–Crippen MR) is 65.8 cm³/mol. The monoisotopic (exact) mass is 283 g/mol. The maximum Gasteiger partial charge on any atom is 0.330 e. The molecule has 0 spiro atoms. The molecule has 2 heterocycles. The van der Waals surface area contributed by atoms with Gasteiger partial charge in [-0.25, -0.2) is 4.79 Å². The minimum Gasteiger partial charge on any atom is -0.394 e. The molecule has 108 valence electrons. The van der Waals surface area contributed by atoms with Gasteiger partial charge < -0.3 is 14.9 Å². The summed E-state index contributed by atoms with van der Waals surface area (Å²) in [5.41, 5.74) is 7.01. The van der Waals surface area contributed by atoms with Crippen LogP contribution in [-0.4, -0.2) is 38.6 Å². The first-order valence-corrected chi connectivity index (χ1v) is 5.86. The molecule has 0 radical (unpaired) electrons. The van der Waals surface area contributed by atoms with Crippen LogP contribution < -0.4 is 11.2 Å². The van der Waals surface area contributed by atoms with Gasteiger partial charge in [-0.05, 0) is 5.53 Å². The first-order chi connectivity index (χ1) is 9.56. The van der Waals surface area contributed by atoms with Crippen molar-refractivity contribution in [3.8, 4) is 0 Å². The van der Waals surface area contributed by atoms with E-state index in [0.29, 0.717) is 0 Å². The second-order valence-electron chi connectivity index (χ2n) is 4.32. The number of nitrogens with zero attached hydrogens (tertiary/aromatic N) is 4. The third-order valence-electron chi connectivity index (χ3n) is 3.04. The van der Waals surface area contributed by atoms with E-state index in [-0.39, 0.29) is 25.1 Å². The molecule has 1 aliphatic heterocycles. The highest BCUT2D eigenvalue weighted by atomic mass is 16.5. The molecule has 0 bridgehead atoms. The summed E-state index contributed by atoms with van der Waals surface area (Å²) < 4.78 is 6.43. The molecule has 3 N–H and O–H groups in total. The van der Waals surface area contributed by atoms with Crippen molar-refractivity contribution in [3.63, 3.8) is 0 Å². The predicted octanol–water partition coefficient (Wildman–Crippen LogP) is -1.01. The van der Waals surface area contributed by atoms with Gasteiger partial charge >= 0.3 is 5.69 Å². The van der Waals surface area contributed by atoms with E-state index in [1.165, 1.54) is 6.20 Å². The van der Waals surface area contributed by atoms with E-state index in [1.807, 2.05) is 0 Å². The molecule has 1 aromatic rings. The third kappa shape index (κ3) is 2.73. The summed E-state index contributed by atoms with van der Waals surface area (Å²) in [4.78, 5) is 27.9. The quantitative estimate of drug-likeness (QED) is 0.367. The van der Waals surface area contributed by atoms with E-state index < -0.39 is 29.7 Å². The Kier molecular flexibility index (Phi) is 4.20. The molecule has 2 rings (SSSR count). The molecule has 0 saturated carbocycles. The van der Waals surface area contributed by atoms with Gasteiger partial charge in [0.2, 0.25) is 0 Å². The highest BCUT2D eigenvalue weighted by Crippen LogP contribution is 2.27. The van der Waals surface area contributed by atoms with E-state index in [9.17, 15) is 14.7 Å². The van der Waals surface area contributed by atoms with Crippen molar-refractivity contribution in [3.05, 3.63) is 43.0 Å². The van der Waals surface area contributed by atoms with Gasteiger partial charge in [0.05, 0.1) is 19.3 Å². The number of hydrogen-bond acceptors (Lipinski definition) is 6.